The summed E-state index contributed by atoms with van der Waals surface area (Å²) in [5, 5.41) is 15.2. The molecule has 2 heterocycles. The SMILES string of the molecule is N#Cc1ccc(NCCc2ncno2)nc1. The molecule has 6 nitrogen and oxygen atoms in total. The van der Waals surface area contributed by atoms with E-state index >= 15 is 0 Å². The maximum Gasteiger partial charge on any atom is 0.228 e. The monoisotopic (exact) mass is 215 g/mol. The molecule has 0 aromatic carbocycles. The van der Waals surface area contributed by atoms with Crippen LogP contribution in [0.3, 0.4) is 0 Å². The first-order valence-corrected chi connectivity index (χ1v) is 4.74. The lowest BCUT2D eigenvalue weighted by Crippen LogP contribution is -2.06. The Morgan fingerprint density at radius 1 is 1.38 bits per heavy atom. The van der Waals surface area contributed by atoms with Crippen LogP contribution < -0.4 is 5.32 Å². The largest absolute Gasteiger partial charge is 0.370 e. The zero-order chi connectivity index (χ0) is 11.2. The molecule has 0 unspecified atom stereocenters. The quantitative estimate of drug-likeness (QED) is 0.818. The van der Waals surface area contributed by atoms with E-state index < -0.39 is 0 Å². The molecule has 0 saturated heterocycles. The smallest absolute Gasteiger partial charge is 0.228 e. The van der Waals surface area contributed by atoms with E-state index in [2.05, 4.69) is 20.4 Å². The summed E-state index contributed by atoms with van der Waals surface area (Å²) in [4.78, 5) is 7.96. The molecular formula is C10H9N5O. The van der Waals surface area contributed by atoms with E-state index in [0.29, 0.717) is 24.4 Å². The van der Waals surface area contributed by atoms with Crippen LogP contribution in [0.5, 0.6) is 0 Å². The number of hydrogen-bond donors (Lipinski definition) is 1. The van der Waals surface area contributed by atoms with Crippen molar-refractivity contribution in [2.24, 2.45) is 0 Å². The highest BCUT2D eigenvalue weighted by Crippen LogP contribution is 2.04. The number of pyridine rings is 1. The molecular weight excluding hydrogens is 206 g/mol. The van der Waals surface area contributed by atoms with Gasteiger partial charge >= 0.3 is 0 Å². The Labute approximate surface area is 91.9 Å². The molecule has 80 valence electrons. The van der Waals surface area contributed by atoms with Crippen molar-refractivity contribution in [1.29, 1.82) is 5.26 Å². The first-order valence-electron chi connectivity index (χ1n) is 4.74. The summed E-state index contributed by atoms with van der Waals surface area (Å²) in [5.41, 5.74) is 0.544. The molecule has 0 spiro atoms. The summed E-state index contributed by atoms with van der Waals surface area (Å²) in [6.45, 7) is 0.654. The highest BCUT2D eigenvalue weighted by Gasteiger charge is 1.99. The van der Waals surface area contributed by atoms with E-state index in [4.69, 9.17) is 9.78 Å². The number of hydrogen-bond acceptors (Lipinski definition) is 6. The van der Waals surface area contributed by atoms with Gasteiger partial charge < -0.3 is 9.84 Å². The fourth-order valence-corrected chi connectivity index (χ4v) is 1.17. The summed E-state index contributed by atoms with van der Waals surface area (Å²) >= 11 is 0. The Bertz CT molecular complexity index is 471. The maximum atomic E-state index is 8.59. The van der Waals surface area contributed by atoms with Gasteiger partial charge in [-0.05, 0) is 12.1 Å². The lowest BCUT2D eigenvalue weighted by Gasteiger charge is -2.02. The minimum Gasteiger partial charge on any atom is -0.370 e. The van der Waals surface area contributed by atoms with Gasteiger partial charge in [0.15, 0.2) is 6.33 Å². The minimum absolute atomic E-state index is 0.544. The molecule has 0 fully saturated rings. The van der Waals surface area contributed by atoms with E-state index in [1.807, 2.05) is 6.07 Å². The number of anilines is 1. The third kappa shape index (κ3) is 2.54. The Kier molecular flexibility index (Phi) is 3.09. The number of aromatic nitrogens is 3. The van der Waals surface area contributed by atoms with Gasteiger partial charge in [-0.25, -0.2) is 4.98 Å². The molecule has 16 heavy (non-hydrogen) atoms. The second kappa shape index (κ2) is 4.89. The summed E-state index contributed by atoms with van der Waals surface area (Å²) in [6.07, 6.45) is 3.53. The van der Waals surface area contributed by atoms with E-state index in [0.717, 1.165) is 5.82 Å². The van der Waals surface area contributed by atoms with Crippen LogP contribution in [0, 0.1) is 11.3 Å². The topological polar surface area (TPSA) is 87.6 Å². The van der Waals surface area contributed by atoms with Crippen LogP contribution >= 0.6 is 0 Å². The molecule has 0 atom stereocenters. The van der Waals surface area contributed by atoms with E-state index in [-0.39, 0.29) is 0 Å². The third-order valence-electron chi connectivity index (χ3n) is 1.94. The fourth-order valence-electron chi connectivity index (χ4n) is 1.17. The van der Waals surface area contributed by atoms with Crippen LogP contribution in [-0.4, -0.2) is 21.7 Å². The molecule has 2 aromatic rings. The fraction of sp³-hybridized carbons (Fsp3) is 0.200. The summed E-state index contributed by atoms with van der Waals surface area (Å²) in [5.74, 6) is 1.31. The maximum absolute atomic E-state index is 8.59. The van der Waals surface area contributed by atoms with Gasteiger partial charge in [-0.1, -0.05) is 5.16 Å². The highest BCUT2D eigenvalue weighted by atomic mass is 16.5. The van der Waals surface area contributed by atoms with Gasteiger partial charge in [0, 0.05) is 19.2 Å². The van der Waals surface area contributed by atoms with Crippen molar-refractivity contribution in [2.75, 3.05) is 11.9 Å². The standard InChI is InChI=1S/C10H9N5O/c11-5-8-1-2-9(13-6-8)12-4-3-10-14-7-15-16-10/h1-2,6-7H,3-4H2,(H,12,13). The van der Waals surface area contributed by atoms with Crippen LogP contribution in [0.1, 0.15) is 11.5 Å². The molecule has 0 aliphatic rings. The van der Waals surface area contributed by atoms with E-state index in [1.165, 1.54) is 12.5 Å². The summed E-state index contributed by atoms with van der Waals surface area (Å²) in [6, 6.07) is 5.48. The van der Waals surface area contributed by atoms with Gasteiger partial charge in [-0.15, -0.1) is 0 Å². The lowest BCUT2D eigenvalue weighted by atomic mass is 10.3. The van der Waals surface area contributed by atoms with Gasteiger partial charge in [0.2, 0.25) is 5.89 Å². The Balaban J connectivity index is 1.83. The lowest BCUT2D eigenvalue weighted by molar-refractivity contribution is 0.379. The third-order valence-corrected chi connectivity index (χ3v) is 1.94. The second-order valence-corrected chi connectivity index (χ2v) is 3.06. The van der Waals surface area contributed by atoms with Crippen molar-refractivity contribution in [3.05, 3.63) is 36.1 Å². The van der Waals surface area contributed by atoms with Gasteiger partial charge in [-0.3, -0.25) is 0 Å². The van der Waals surface area contributed by atoms with E-state index in [1.54, 1.807) is 12.1 Å². The number of nitrogens with one attached hydrogen (secondary N) is 1. The molecule has 0 aliphatic carbocycles. The van der Waals surface area contributed by atoms with Crippen LogP contribution in [0.15, 0.2) is 29.2 Å². The second-order valence-electron chi connectivity index (χ2n) is 3.06. The van der Waals surface area contributed by atoms with Crippen molar-refractivity contribution >= 4 is 5.82 Å². The van der Waals surface area contributed by atoms with Crippen LogP contribution in [0.2, 0.25) is 0 Å². The Morgan fingerprint density at radius 2 is 2.31 bits per heavy atom. The van der Waals surface area contributed by atoms with Crippen molar-refractivity contribution in [3.63, 3.8) is 0 Å². The Hall–Kier alpha value is -2.42. The molecule has 0 amide bonds. The van der Waals surface area contributed by atoms with Gasteiger partial charge in [0.1, 0.15) is 11.9 Å². The highest BCUT2D eigenvalue weighted by molar-refractivity contribution is 5.38. The van der Waals surface area contributed by atoms with E-state index in [9.17, 15) is 0 Å². The zero-order valence-corrected chi connectivity index (χ0v) is 8.42. The zero-order valence-electron chi connectivity index (χ0n) is 8.42. The van der Waals surface area contributed by atoms with Crippen molar-refractivity contribution < 1.29 is 4.52 Å². The predicted molar refractivity (Wildman–Crippen MR) is 55.4 cm³/mol. The van der Waals surface area contributed by atoms with Crippen LogP contribution in [0.4, 0.5) is 5.82 Å². The van der Waals surface area contributed by atoms with Crippen molar-refractivity contribution in [3.8, 4) is 6.07 Å². The molecule has 0 bridgehead atoms. The molecule has 2 aromatic heterocycles. The number of nitriles is 1. The summed E-state index contributed by atoms with van der Waals surface area (Å²) in [7, 11) is 0. The first kappa shape index (κ1) is 10.1. The van der Waals surface area contributed by atoms with Crippen LogP contribution in [0.25, 0.3) is 0 Å². The number of rotatable bonds is 4. The molecule has 0 radical (unpaired) electrons. The average Bonchev–Trinajstić information content (AvgIpc) is 2.83. The Morgan fingerprint density at radius 3 is 2.94 bits per heavy atom. The molecule has 0 saturated carbocycles. The van der Waals surface area contributed by atoms with Crippen molar-refractivity contribution in [1.82, 2.24) is 15.1 Å². The minimum atomic E-state index is 0.544. The van der Waals surface area contributed by atoms with Crippen LogP contribution in [-0.2, 0) is 6.42 Å². The van der Waals surface area contributed by atoms with Gasteiger partial charge in [0.25, 0.3) is 0 Å². The predicted octanol–water partition coefficient (Wildman–Crippen LogP) is 0.991. The van der Waals surface area contributed by atoms with Gasteiger partial charge in [-0.2, -0.15) is 10.2 Å². The average molecular weight is 215 g/mol. The molecule has 2 rings (SSSR count). The van der Waals surface area contributed by atoms with Crippen molar-refractivity contribution in [2.45, 2.75) is 6.42 Å². The molecule has 6 heteroatoms. The number of nitrogens with zero attached hydrogens (tertiary/aromatic N) is 4. The first-order chi connectivity index (χ1) is 7.88. The summed E-state index contributed by atoms with van der Waals surface area (Å²) < 4.78 is 4.84. The van der Waals surface area contributed by atoms with Gasteiger partial charge in [0.05, 0.1) is 5.56 Å². The normalized spacial score (nSPS) is 9.69. The molecule has 0 aliphatic heterocycles. The molecule has 1 N–H and O–H groups in total.